The molecule has 39 heavy (non-hydrogen) atoms. The van der Waals surface area contributed by atoms with E-state index in [1.807, 2.05) is 36.4 Å². The smallest absolute Gasteiger partial charge is 0.251 e. The van der Waals surface area contributed by atoms with Gasteiger partial charge in [0.2, 0.25) is 0 Å². The molecule has 6 rings (SSSR count). The second-order valence-corrected chi connectivity index (χ2v) is 11.4. The number of carbonyl (C=O) groups is 1. The number of nitrogens with one attached hydrogen (secondary N) is 3. The Balaban J connectivity index is 1.09. The van der Waals surface area contributed by atoms with Crippen molar-refractivity contribution in [1.82, 2.24) is 25.8 Å². The molecule has 3 N–H and O–H groups in total. The highest BCUT2D eigenvalue weighted by Gasteiger charge is 2.37. The van der Waals surface area contributed by atoms with Gasteiger partial charge >= 0.3 is 0 Å². The monoisotopic (exact) mass is 527 g/mol. The molecule has 0 unspecified atom stereocenters. The van der Waals surface area contributed by atoms with Crippen LogP contribution in [0.25, 0.3) is 11.1 Å². The van der Waals surface area contributed by atoms with Gasteiger partial charge in [-0.15, -0.1) is 0 Å². The van der Waals surface area contributed by atoms with Crippen LogP contribution in [0.5, 0.6) is 0 Å². The van der Waals surface area contributed by atoms with Gasteiger partial charge in [0.15, 0.2) is 0 Å². The van der Waals surface area contributed by atoms with Crippen LogP contribution in [0.15, 0.2) is 66.7 Å². The van der Waals surface area contributed by atoms with Gasteiger partial charge in [-0.1, -0.05) is 36.4 Å². The van der Waals surface area contributed by atoms with Crippen molar-refractivity contribution in [1.29, 1.82) is 0 Å². The minimum absolute atomic E-state index is 0.111. The van der Waals surface area contributed by atoms with Gasteiger partial charge in [-0.05, 0) is 65.9 Å². The molecule has 7 heteroatoms. The number of likely N-dealkylation sites (tertiary alicyclic amines) is 1. The first-order chi connectivity index (χ1) is 19.0. The van der Waals surface area contributed by atoms with Gasteiger partial charge in [0.1, 0.15) is 5.82 Å². The van der Waals surface area contributed by atoms with E-state index in [1.54, 1.807) is 6.07 Å². The number of amides is 1. The highest BCUT2D eigenvalue weighted by Crippen LogP contribution is 2.27. The van der Waals surface area contributed by atoms with Crippen LogP contribution in [0, 0.1) is 5.82 Å². The minimum atomic E-state index is -0.253. The van der Waals surface area contributed by atoms with E-state index in [0.29, 0.717) is 35.8 Å². The summed E-state index contributed by atoms with van der Waals surface area (Å²) in [5.41, 5.74) is 5.30. The number of nitrogens with zero attached hydrogens (tertiary/aromatic N) is 2. The molecule has 0 aliphatic carbocycles. The lowest BCUT2D eigenvalue weighted by Gasteiger charge is -2.31. The van der Waals surface area contributed by atoms with E-state index in [2.05, 4.69) is 50.9 Å². The van der Waals surface area contributed by atoms with Crippen LogP contribution in [-0.4, -0.2) is 66.6 Å². The molecule has 0 saturated carbocycles. The third-order valence-electron chi connectivity index (χ3n) is 8.33. The van der Waals surface area contributed by atoms with E-state index in [4.69, 9.17) is 0 Å². The molecule has 3 saturated heterocycles. The lowest BCUT2D eigenvalue weighted by molar-refractivity contribution is 0.0950. The van der Waals surface area contributed by atoms with Gasteiger partial charge < -0.3 is 16.0 Å². The van der Waals surface area contributed by atoms with Crippen LogP contribution >= 0.6 is 0 Å². The SMILES string of the molecule is C[C@H]1CN(Cc2cccc(-c3cc(CNC(=O)c4cccc(CN5C[C@H]6C[C@@H]5CN6)c4)ccc3F)c2)CCN1. The van der Waals surface area contributed by atoms with Crippen molar-refractivity contribution < 1.29 is 9.18 Å². The number of piperazine rings is 2. The zero-order valence-electron chi connectivity index (χ0n) is 22.6. The largest absolute Gasteiger partial charge is 0.348 e. The van der Waals surface area contributed by atoms with Crippen molar-refractivity contribution in [2.45, 2.75) is 51.1 Å². The number of halogens is 1. The maximum Gasteiger partial charge on any atom is 0.251 e. The second kappa shape index (κ2) is 11.6. The molecule has 3 aromatic carbocycles. The molecular formula is C32H38FN5O. The van der Waals surface area contributed by atoms with Crippen LogP contribution in [0.3, 0.4) is 0 Å². The van der Waals surface area contributed by atoms with E-state index >= 15 is 0 Å². The normalized spacial score (nSPS) is 23.3. The molecule has 204 valence electrons. The van der Waals surface area contributed by atoms with Crippen molar-refractivity contribution in [2.24, 2.45) is 0 Å². The van der Waals surface area contributed by atoms with Crippen LogP contribution < -0.4 is 16.0 Å². The van der Waals surface area contributed by atoms with Crippen LogP contribution in [0.1, 0.15) is 40.4 Å². The first-order valence-electron chi connectivity index (χ1n) is 14.2. The van der Waals surface area contributed by atoms with Crippen molar-refractivity contribution in [3.8, 4) is 11.1 Å². The molecule has 3 fully saturated rings. The molecule has 3 aliphatic rings. The van der Waals surface area contributed by atoms with E-state index < -0.39 is 0 Å². The molecular weight excluding hydrogens is 489 g/mol. The fourth-order valence-electron chi connectivity index (χ4n) is 6.33. The highest BCUT2D eigenvalue weighted by molar-refractivity contribution is 5.94. The van der Waals surface area contributed by atoms with Crippen molar-refractivity contribution in [3.05, 3.63) is 94.8 Å². The molecule has 2 bridgehead atoms. The van der Waals surface area contributed by atoms with Gasteiger partial charge in [0, 0.05) is 81.6 Å². The number of benzene rings is 3. The summed E-state index contributed by atoms with van der Waals surface area (Å²) in [6.45, 7) is 9.42. The highest BCUT2D eigenvalue weighted by atomic mass is 19.1. The Kier molecular flexibility index (Phi) is 7.75. The quantitative estimate of drug-likeness (QED) is 0.417. The summed E-state index contributed by atoms with van der Waals surface area (Å²) < 4.78 is 14.9. The predicted molar refractivity (Wildman–Crippen MR) is 153 cm³/mol. The maximum atomic E-state index is 14.9. The van der Waals surface area contributed by atoms with E-state index in [1.165, 1.54) is 18.1 Å². The Hall–Kier alpha value is -3.10. The second-order valence-electron chi connectivity index (χ2n) is 11.4. The van der Waals surface area contributed by atoms with Crippen LogP contribution in [-0.2, 0) is 19.6 Å². The zero-order chi connectivity index (χ0) is 26.8. The molecule has 1 amide bonds. The number of rotatable bonds is 8. The number of hydrogen-bond acceptors (Lipinski definition) is 5. The third-order valence-corrected chi connectivity index (χ3v) is 8.33. The average Bonchev–Trinajstić information content (AvgIpc) is 3.56. The molecule has 0 spiro atoms. The Labute approximate surface area is 230 Å². The Morgan fingerprint density at radius 2 is 1.82 bits per heavy atom. The van der Waals surface area contributed by atoms with Crippen molar-refractivity contribution in [3.63, 3.8) is 0 Å². The van der Waals surface area contributed by atoms with Crippen molar-refractivity contribution in [2.75, 3.05) is 32.7 Å². The molecule has 6 nitrogen and oxygen atoms in total. The zero-order valence-corrected chi connectivity index (χ0v) is 22.6. The lowest BCUT2D eigenvalue weighted by Crippen LogP contribution is -2.48. The van der Waals surface area contributed by atoms with Crippen LogP contribution in [0.4, 0.5) is 4.39 Å². The average molecular weight is 528 g/mol. The molecule has 3 aliphatic heterocycles. The van der Waals surface area contributed by atoms with Gasteiger partial charge in [0.25, 0.3) is 5.91 Å². The van der Waals surface area contributed by atoms with E-state index in [9.17, 15) is 9.18 Å². The summed E-state index contributed by atoms with van der Waals surface area (Å²) >= 11 is 0. The lowest BCUT2D eigenvalue weighted by atomic mass is 10.00. The van der Waals surface area contributed by atoms with E-state index in [0.717, 1.165) is 62.5 Å². The number of fused-ring (bicyclic) bond motifs is 2. The fraction of sp³-hybridized carbons (Fsp3) is 0.406. The minimum Gasteiger partial charge on any atom is -0.348 e. The van der Waals surface area contributed by atoms with Gasteiger partial charge in [0.05, 0.1) is 0 Å². The summed E-state index contributed by atoms with van der Waals surface area (Å²) in [6.07, 6.45) is 1.22. The summed E-state index contributed by atoms with van der Waals surface area (Å²) in [4.78, 5) is 17.9. The van der Waals surface area contributed by atoms with Crippen LogP contribution in [0.2, 0.25) is 0 Å². The Morgan fingerprint density at radius 1 is 0.974 bits per heavy atom. The van der Waals surface area contributed by atoms with E-state index in [-0.39, 0.29) is 11.7 Å². The summed E-state index contributed by atoms with van der Waals surface area (Å²) in [5, 5.41) is 10.0. The topological polar surface area (TPSA) is 59.6 Å². The molecule has 0 aromatic heterocycles. The predicted octanol–water partition coefficient (Wildman–Crippen LogP) is 3.76. The number of carbonyl (C=O) groups excluding carboxylic acids is 1. The molecule has 0 radical (unpaired) electrons. The summed E-state index contributed by atoms with van der Waals surface area (Å²) in [7, 11) is 0. The summed E-state index contributed by atoms with van der Waals surface area (Å²) in [5.74, 6) is -0.365. The third kappa shape index (κ3) is 6.23. The maximum absolute atomic E-state index is 14.9. The van der Waals surface area contributed by atoms with Crippen molar-refractivity contribution >= 4 is 5.91 Å². The van der Waals surface area contributed by atoms with Gasteiger partial charge in [-0.25, -0.2) is 4.39 Å². The first kappa shape index (κ1) is 26.1. The van der Waals surface area contributed by atoms with Gasteiger partial charge in [-0.3, -0.25) is 14.6 Å². The first-order valence-corrected chi connectivity index (χ1v) is 14.2. The standard InChI is InChI=1S/C32H38FN5O/c1-22-18-37(11-10-34-22)19-24-4-2-6-26(12-24)30-14-23(8-9-31(30)33)16-36-32(39)27-7-3-5-25(13-27)20-38-21-28-15-29(38)17-35-28/h2-9,12-14,22,28-29,34-35H,10-11,15-21H2,1H3,(H,36,39)/t22-,28+,29+/m0/s1. The Morgan fingerprint density at radius 3 is 2.62 bits per heavy atom. The van der Waals surface area contributed by atoms with Gasteiger partial charge in [-0.2, -0.15) is 0 Å². The molecule has 3 heterocycles. The summed E-state index contributed by atoms with van der Waals surface area (Å²) in [6, 6.07) is 22.9. The molecule has 3 aromatic rings. The Bertz CT molecular complexity index is 1330. The fourth-order valence-corrected chi connectivity index (χ4v) is 6.33. The molecule has 3 atom stereocenters. The number of hydrogen-bond donors (Lipinski definition) is 3.